The monoisotopic (exact) mass is 299 g/mol. The van der Waals surface area contributed by atoms with E-state index in [0.29, 0.717) is 31.0 Å². The number of rotatable bonds is 6. The van der Waals surface area contributed by atoms with Crippen molar-refractivity contribution >= 4 is 11.6 Å². The Hall–Kier alpha value is -2.70. The van der Waals surface area contributed by atoms with Gasteiger partial charge in [-0.3, -0.25) is 4.79 Å². The first-order chi connectivity index (χ1) is 10.7. The normalized spacial score (nSPS) is 11.0. The van der Waals surface area contributed by atoms with Crippen molar-refractivity contribution in [1.29, 1.82) is 0 Å². The van der Waals surface area contributed by atoms with Crippen LogP contribution in [0, 0.1) is 0 Å². The summed E-state index contributed by atoms with van der Waals surface area (Å²) in [6, 6.07) is 5.82. The second-order valence-corrected chi connectivity index (χ2v) is 4.93. The van der Waals surface area contributed by atoms with Gasteiger partial charge in [0.05, 0.1) is 12.2 Å². The summed E-state index contributed by atoms with van der Waals surface area (Å²) in [4.78, 5) is 20.4. The Morgan fingerprint density at radius 1 is 1.36 bits per heavy atom. The Bertz CT molecular complexity index is 744. The zero-order valence-electron chi connectivity index (χ0n) is 12.3. The summed E-state index contributed by atoms with van der Waals surface area (Å²) < 4.78 is 6.93. The molecular weight excluding hydrogens is 282 g/mol. The van der Waals surface area contributed by atoms with Crippen LogP contribution in [0.4, 0.5) is 0 Å². The third-order valence-corrected chi connectivity index (χ3v) is 3.28. The molecule has 1 amide bonds. The van der Waals surface area contributed by atoms with Crippen LogP contribution in [0.3, 0.4) is 0 Å². The molecule has 0 radical (unpaired) electrons. The zero-order chi connectivity index (χ0) is 15.4. The van der Waals surface area contributed by atoms with Crippen molar-refractivity contribution < 1.29 is 9.32 Å². The van der Waals surface area contributed by atoms with E-state index in [1.54, 1.807) is 0 Å². The number of imidazole rings is 1. The van der Waals surface area contributed by atoms with Crippen LogP contribution in [0.1, 0.15) is 30.8 Å². The summed E-state index contributed by atoms with van der Waals surface area (Å²) in [6.07, 6.45) is 5.54. The lowest BCUT2D eigenvalue weighted by molar-refractivity contribution is -0.121. The summed E-state index contributed by atoms with van der Waals surface area (Å²) >= 11 is 0. The van der Waals surface area contributed by atoms with E-state index >= 15 is 0 Å². The highest BCUT2D eigenvalue weighted by atomic mass is 16.5. The highest BCUT2D eigenvalue weighted by Gasteiger charge is 2.08. The predicted octanol–water partition coefficient (Wildman–Crippen LogP) is 1.53. The van der Waals surface area contributed by atoms with Gasteiger partial charge in [-0.05, 0) is 18.6 Å². The number of nitrogens with one attached hydrogen (secondary N) is 1. The molecule has 0 aliphatic rings. The Balaban J connectivity index is 1.49. The van der Waals surface area contributed by atoms with Crippen molar-refractivity contribution in [2.75, 3.05) is 0 Å². The maximum Gasteiger partial charge on any atom is 0.226 e. The maximum atomic E-state index is 11.8. The third-order valence-electron chi connectivity index (χ3n) is 3.28. The number of aromatic nitrogens is 4. The van der Waals surface area contributed by atoms with Gasteiger partial charge in [-0.25, -0.2) is 4.98 Å². The van der Waals surface area contributed by atoms with Gasteiger partial charge >= 0.3 is 0 Å². The van der Waals surface area contributed by atoms with E-state index in [1.165, 1.54) is 0 Å². The zero-order valence-corrected chi connectivity index (χ0v) is 12.3. The molecule has 3 aromatic rings. The predicted molar refractivity (Wildman–Crippen MR) is 79.0 cm³/mol. The fourth-order valence-electron chi connectivity index (χ4n) is 2.12. The Morgan fingerprint density at radius 3 is 3.05 bits per heavy atom. The molecule has 0 fully saturated rings. The second-order valence-electron chi connectivity index (χ2n) is 4.93. The minimum Gasteiger partial charge on any atom is -0.349 e. The molecule has 7 nitrogen and oxygen atoms in total. The summed E-state index contributed by atoms with van der Waals surface area (Å²) in [5, 5.41) is 6.57. The van der Waals surface area contributed by atoms with Crippen molar-refractivity contribution in [3.05, 3.63) is 48.0 Å². The van der Waals surface area contributed by atoms with E-state index in [0.717, 1.165) is 11.3 Å². The van der Waals surface area contributed by atoms with E-state index in [1.807, 2.05) is 41.9 Å². The number of carbonyl (C=O) groups is 1. The third kappa shape index (κ3) is 3.30. The first-order valence-electron chi connectivity index (χ1n) is 7.25. The van der Waals surface area contributed by atoms with Gasteiger partial charge < -0.3 is 14.2 Å². The molecule has 0 aliphatic carbocycles. The Labute approximate surface area is 127 Å². The van der Waals surface area contributed by atoms with E-state index in [2.05, 4.69) is 20.4 Å². The molecule has 0 saturated carbocycles. The van der Waals surface area contributed by atoms with Crippen molar-refractivity contribution in [2.45, 2.75) is 32.7 Å². The molecule has 1 N–H and O–H groups in total. The van der Waals surface area contributed by atoms with Crippen molar-refractivity contribution in [2.24, 2.45) is 0 Å². The van der Waals surface area contributed by atoms with Crippen LogP contribution in [0.2, 0.25) is 0 Å². The lowest BCUT2D eigenvalue weighted by Crippen LogP contribution is -2.23. The molecule has 3 aromatic heterocycles. The fourth-order valence-corrected chi connectivity index (χ4v) is 2.12. The average molecular weight is 299 g/mol. The number of hydrogen-bond donors (Lipinski definition) is 1. The highest BCUT2D eigenvalue weighted by Crippen LogP contribution is 2.06. The molecule has 0 atom stereocenters. The van der Waals surface area contributed by atoms with Crippen LogP contribution < -0.4 is 5.32 Å². The Kier molecular flexibility index (Phi) is 4.13. The molecule has 0 bridgehead atoms. The SMILES string of the molecule is CCc1nc(CNC(=O)CCc2cn3ccccc3n2)no1. The van der Waals surface area contributed by atoms with Gasteiger partial charge in [0, 0.05) is 25.2 Å². The molecule has 0 saturated heterocycles. The van der Waals surface area contributed by atoms with Crippen LogP contribution in [0.15, 0.2) is 35.1 Å². The molecule has 22 heavy (non-hydrogen) atoms. The van der Waals surface area contributed by atoms with Gasteiger partial charge in [-0.2, -0.15) is 4.98 Å². The number of aryl methyl sites for hydroxylation is 2. The topological polar surface area (TPSA) is 85.3 Å². The molecule has 3 heterocycles. The molecule has 7 heteroatoms. The maximum absolute atomic E-state index is 11.8. The van der Waals surface area contributed by atoms with E-state index in [4.69, 9.17) is 4.52 Å². The highest BCUT2D eigenvalue weighted by molar-refractivity contribution is 5.76. The van der Waals surface area contributed by atoms with Crippen molar-refractivity contribution in [3.63, 3.8) is 0 Å². The summed E-state index contributed by atoms with van der Waals surface area (Å²) in [5.41, 5.74) is 1.78. The molecule has 0 aromatic carbocycles. The number of nitrogens with zero attached hydrogens (tertiary/aromatic N) is 4. The number of fused-ring (bicyclic) bond motifs is 1. The van der Waals surface area contributed by atoms with Gasteiger partial charge in [0.1, 0.15) is 5.65 Å². The standard InChI is InChI=1S/C15H17N5O2/c1-2-15-18-12(19-22-15)9-16-14(21)7-6-11-10-20-8-4-3-5-13(20)17-11/h3-5,8,10H,2,6-7,9H2,1H3,(H,16,21). The number of carbonyl (C=O) groups excluding carboxylic acids is 1. The van der Waals surface area contributed by atoms with Gasteiger partial charge in [0.2, 0.25) is 11.8 Å². The summed E-state index contributed by atoms with van der Waals surface area (Å²) in [7, 11) is 0. The van der Waals surface area contributed by atoms with Crippen LogP contribution in [0.25, 0.3) is 5.65 Å². The van der Waals surface area contributed by atoms with Gasteiger partial charge in [0.15, 0.2) is 5.82 Å². The lowest BCUT2D eigenvalue weighted by Gasteiger charge is -2.00. The minimum atomic E-state index is -0.0556. The smallest absolute Gasteiger partial charge is 0.226 e. The first kappa shape index (κ1) is 14.2. The molecule has 114 valence electrons. The number of amides is 1. The fraction of sp³-hybridized carbons (Fsp3) is 0.333. The number of hydrogen-bond acceptors (Lipinski definition) is 5. The van der Waals surface area contributed by atoms with Crippen LogP contribution in [-0.2, 0) is 24.2 Å². The van der Waals surface area contributed by atoms with Crippen LogP contribution >= 0.6 is 0 Å². The quantitative estimate of drug-likeness (QED) is 0.746. The lowest BCUT2D eigenvalue weighted by atomic mass is 10.2. The molecule has 3 rings (SSSR count). The number of pyridine rings is 1. The summed E-state index contributed by atoms with van der Waals surface area (Å²) in [5.74, 6) is 1.02. The van der Waals surface area contributed by atoms with E-state index in [-0.39, 0.29) is 12.5 Å². The van der Waals surface area contributed by atoms with Gasteiger partial charge in [-0.1, -0.05) is 18.1 Å². The second kappa shape index (κ2) is 6.38. The van der Waals surface area contributed by atoms with E-state index < -0.39 is 0 Å². The van der Waals surface area contributed by atoms with Crippen molar-refractivity contribution in [1.82, 2.24) is 24.8 Å². The first-order valence-corrected chi connectivity index (χ1v) is 7.25. The Morgan fingerprint density at radius 2 is 2.27 bits per heavy atom. The van der Waals surface area contributed by atoms with Gasteiger partial charge in [-0.15, -0.1) is 0 Å². The van der Waals surface area contributed by atoms with Crippen LogP contribution in [0.5, 0.6) is 0 Å². The molecule has 0 spiro atoms. The summed E-state index contributed by atoms with van der Waals surface area (Å²) in [6.45, 7) is 2.22. The minimum absolute atomic E-state index is 0.0556. The van der Waals surface area contributed by atoms with E-state index in [9.17, 15) is 4.79 Å². The molecule has 0 aliphatic heterocycles. The van der Waals surface area contributed by atoms with Crippen molar-refractivity contribution in [3.8, 4) is 0 Å². The van der Waals surface area contributed by atoms with Gasteiger partial charge in [0.25, 0.3) is 0 Å². The average Bonchev–Trinajstić information content (AvgIpc) is 3.16. The molecular formula is C15H17N5O2. The largest absolute Gasteiger partial charge is 0.349 e. The van der Waals surface area contributed by atoms with Crippen LogP contribution in [-0.4, -0.2) is 25.4 Å². The molecule has 0 unspecified atom stereocenters.